The Bertz CT molecular complexity index is 2330. The third kappa shape index (κ3) is 24.8. The van der Waals surface area contributed by atoms with Gasteiger partial charge in [0.25, 0.3) is 0 Å². The van der Waals surface area contributed by atoms with Crippen LogP contribution in [0.15, 0.2) is 124 Å². The predicted molar refractivity (Wildman–Crippen MR) is 272 cm³/mol. The molecule has 0 amide bonds. The zero-order valence-corrected chi connectivity index (χ0v) is 44.3. The van der Waals surface area contributed by atoms with Crippen LogP contribution in [0.1, 0.15) is 51.4 Å². The quantitative estimate of drug-likeness (QED) is 0.0814. The largest absolute Gasteiger partial charge is 3.00 e. The van der Waals surface area contributed by atoms with Gasteiger partial charge in [-0.2, -0.15) is 0 Å². The van der Waals surface area contributed by atoms with Gasteiger partial charge in [-0.05, 0) is 124 Å². The zero-order chi connectivity index (χ0) is 55.6. The third-order valence-electron chi connectivity index (χ3n) is 10.1. The molecular weight excluding hydrogens is 1190 g/mol. The fourth-order valence-electron chi connectivity index (χ4n) is 6.15. The number of rotatable bonds is 9. The Morgan fingerprint density at radius 1 is 0.269 bits per heavy atom. The number of halogens is 12. The summed E-state index contributed by atoms with van der Waals surface area (Å²) in [5.41, 5.74) is -3.40. The van der Waals surface area contributed by atoms with Gasteiger partial charge in [-0.25, -0.2) is 52.7 Å². The molecule has 0 bridgehead atoms. The van der Waals surface area contributed by atoms with Crippen molar-refractivity contribution in [3.8, 4) is 0 Å². The van der Waals surface area contributed by atoms with E-state index in [-0.39, 0.29) is 40.4 Å². The molecule has 0 N–H and O–H groups in total. The summed E-state index contributed by atoms with van der Waals surface area (Å²) in [6.45, 7) is 8.00. The first kappa shape index (κ1) is 66.3. The van der Waals surface area contributed by atoms with Crippen molar-refractivity contribution in [3.05, 3.63) is 195 Å². The van der Waals surface area contributed by atoms with Gasteiger partial charge in [0.2, 0.25) is 0 Å². The molecule has 6 aromatic carbocycles. The molecule has 0 unspecified atom stereocenters. The third-order valence-corrected chi connectivity index (χ3v) is 10.1. The average Bonchev–Trinajstić information content (AvgIpc) is 4.28. The summed E-state index contributed by atoms with van der Waals surface area (Å²) in [5.74, 6) is -10.7. The molecule has 4 saturated heterocycles. The van der Waals surface area contributed by atoms with Crippen LogP contribution >= 0.6 is 0 Å². The molecule has 0 spiro atoms. The molecule has 23 heteroatoms. The number of ether oxygens (including phenoxy) is 4. The van der Waals surface area contributed by atoms with Crippen molar-refractivity contribution >= 4 is 53.1 Å². The maximum Gasteiger partial charge on any atom is 3.00 e. The maximum atomic E-state index is 13.2. The molecule has 0 aromatic heterocycles. The van der Waals surface area contributed by atoms with E-state index >= 15 is 0 Å². The van der Waals surface area contributed by atoms with Crippen LogP contribution in [0, 0.1) is 110 Å². The molecule has 4 heterocycles. The SMILES string of the molecule is C1CCOC1.C1CCOC1.C1CCOC1.C1CCOC1.Fc1cccc(F)c1N=C[N-]c1c(F)cccc1F.Fc1cccc(F)c1N=C[N-]c1c(F)cccc1F.Fc1cccc(F)c1N=C[N-]c1c(F)cccc1F.[Sm+3]. The van der Waals surface area contributed by atoms with Crippen LogP contribution in [0.3, 0.4) is 0 Å². The van der Waals surface area contributed by atoms with Gasteiger partial charge < -0.3 is 49.9 Å². The second-order valence-electron chi connectivity index (χ2n) is 15.8. The number of nitrogens with zero attached hydrogens (tertiary/aromatic N) is 6. The summed E-state index contributed by atoms with van der Waals surface area (Å²) < 4.78 is 178. The molecule has 0 atom stereocenters. The summed E-state index contributed by atoms with van der Waals surface area (Å²) in [5, 5.41) is 10.2. The Labute approximate surface area is 476 Å². The van der Waals surface area contributed by atoms with Gasteiger partial charge in [0, 0.05) is 87.0 Å². The van der Waals surface area contributed by atoms with E-state index in [9.17, 15) is 52.7 Å². The normalized spacial score (nSPS) is 14.2. The molecule has 10 rings (SSSR count). The Morgan fingerprint density at radius 3 is 0.564 bits per heavy atom. The molecule has 4 aliphatic rings. The molecule has 78 heavy (non-hydrogen) atoms. The number of hydrogen-bond donors (Lipinski definition) is 0. The van der Waals surface area contributed by atoms with E-state index < -0.39 is 104 Å². The van der Waals surface area contributed by atoms with Crippen LogP contribution in [-0.2, 0) is 18.9 Å². The molecule has 1 radical (unpaired) electrons. The zero-order valence-electron chi connectivity index (χ0n) is 41.7. The first-order chi connectivity index (χ1) is 37.3. The van der Waals surface area contributed by atoms with Gasteiger partial charge >= 0.3 is 40.4 Å². The van der Waals surface area contributed by atoms with E-state index in [0.29, 0.717) is 19.0 Å². The van der Waals surface area contributed by atoms with Crippen LogP contribution in [-0.4, -0.2) is 71.9 Å². The summed E-state index contributed by atoms with van der Waals surface area (Å²) in [6, 6.07) is 19.2. The van der Waals surface area contributed by atoms with Gasteiger partial charge in [0.05, 0.1) is 0 Å². The number of benzene rings is 6. The molecule has 417 valence electrons. The number of aliphatic imine (C=N–C) groups is 3. The molecule has 10 nitrogen and oxygen atoms in total. The minimum absolute atomic E-state index is 0. The van der Waals surface area contributed by atoms with Crippen molar-refractivity contribution in [2.75, 3.05) is 52.9 Å². The fraction of sp³-hybridized carbons (Fsp3) is 0.291. The van der Waals surface area contributed by atoms with Gasteiger partial charge in [-0.3, -0.25) is 0 Å². The minimum atomic E-state index is -0.888. The molecule has 4 aliphatic heterocycles. The van der Waals surface area contributed by atoms with E-state index in [2.05, 4.69) is 30.9 Å². The standard InChI is InChI=1S/3C13H7F4N2.4C4H8O.Sm/c3*14-8-3-1-4-9(15)12(8)18-7-19-13-10(16)5-2-6-11(13)17;4*1-2-4-5-3-1;/h3*1-7H;4*1-4H2;/q3*-1;;;;;+3. The van der Waals surface area contributed by atoms with Crippen molar-refractivity contribution in [1.82, 2.24) is 0 Å². The summed E-state index contributed by atoms with van der Waals surface area (Å²) in [7, 11) is 0. The summed E-state index contributed by atoms with van der Waals surface area (Å²) in [6.07, 6.45) is 12.3. The Hall–Kier alpha value is -5.93. The van der Waals surface area contributed by atoms with Crippen LogP contribution in [0.25, 0.3) is 16.0 Å². The van der Waals surface area contributed by atoms with E-state index in [4.69, 9.17) is 18.9 Å². The van der Waals surface area contributed by atoms with Gasteiger partial charge in [0.15, 0.2) is 0 Å². The van der Waals surface area contributed by atoms with Crippen molar-refractivity contribution in [3.63, 3.8) is 0 Å². The van der Waals surface area contributed by atoms with Crippen molar-refractivity contribution in [2.24, 2.45) is 15.0 Å². The van der Waals surface area contributed by atoms with Crippen LogP contribution in [0.4, 0.5) is 86.8 Å². The van der Waals surface area contributed by atoms with Gasteiger partial charge in [-0.1, -0.05) is 55.4 Å². The topological polar surface area (TPSA) is 116 Å². The Morgan fingerprint density at radius 2 is 0.423 bits per heavy atom. The molecular formula is C55H53F12N6O4Sm. The van der Waals surface area contributed by atoms with E-state index in [0.717, 1.165) is 126 Å². The van der Waals surface area contributed by atoms with E-state index in [1.165, 1.54) is 87.8 Å². The number of para-hydroxylation sites is 6. The van der Waals surface area contributed by atoms with Gasteiger partial charge in [-0.15, -0.1) is 0 Å². The van der Waals surface area contributed by atoms with Crippen LogP contribution in [0.5, 0.6) is 0 Å². The maximum absolute atomic E-state index is 13.2. The van der Waals surface area contributed by atoms with Crippen molar-refractivity contribution < 1.29 is 112 Å². The number of hydrogen-bond acceptors (Lipinski definition) is 7. The fourth-order valence-corrected chi connectivity index (χ4v) is 6.15. The molecule has 0 saturated carbocycles. The van der Waals surface area contributed by atoms with E-state index in [1.54, 1.807) is 0 Å². The average molecular weight is 1240 g/mol. The van der Waals surface area contributed by atoms with Crippen LogP contribution in [0.2, 0.25) is 0 Å². The van der Waals surface area contributed by atoms with E-state index in [1.807, 2.05) is 0 Å². The molecule has 6 aromatic rings. The van der Waals surface area contributed by atoms with Gasteiger partial charge in [0.1, 0.15) is 69.8 Å². The minimum Gasteiger partial charge on any atom is -0.438 e. The monoisotopic (exact) mass is 1240 g/mol. The first-order valence-electron chi connectivity index (χ1n) is 23.9. The second kappa shape index (κ2) is 38.6. The van der Waals surface area contributed by atoms with Crippen LogP contribution < -0.4 is 0 Å². The van der Waals surface area contributed by atoms with Crippen molar-refractivity contribution in [2.45, 2.75) is 51.4 Å². The summed E-state index contributed by atoms with van der Waals surface area (Å²) in [4.78, 5) is 10.2. The smallest absolute Gasteiger partial charge is 0.438 e. The second-order valence-corrected chi connectivity index (χ2v) is 15.8. The first-order valence-corrected chi connectivity index (χ1v) is 23.9. The van der Waals surface area contributed by atoms with Crippen molar-refractivity contribution in [1.29, 1.82) is 0 Å². The molecule has 0 aliphatic carbocycles. The Kier molecular flexibility index (Phi) is 32.8. The Balaban J connectivity index is 0.000000258. The summed E-state index contributed by atoms with van der Waals surface area (Å²) >= 11 is 0. The molecule has 4 fully saturated rings. The predicted octanol–water partition coefficient (Wildman–Crippen LogP) is 17.0.